The van der Waals surface area contributed by atoms with E-state index in [2.05, 4.69) is 0 Å². The number of methoxy groups -OCH3 is 5. The summed E-state index contributed by atoms with van der Waals surface area (Å²) in [5.74, 6) is 1.72. The van der Waals surface area contributed by atoms with E-state index in [1.54, 1.807) is 78.0 Å². The maximum atomic E-state index is 12.4. The number of ether oxygens (including phenoxy) is 8. The summed E-state index contributed by atoms with van der Waals surface area (Å²) in [6.45, 7) is 0. The van der Waals surface area contributed by atoms with Gasteiger partial charge in [-0.2, -0.15) is 0 Å². The Balaban J connectivity index is 1.47. The maximum absolute atomic E-state index is 12.4. The summed E-state index contributed by atoms with van der Waals surface area (Å²) < 4.78 is 48.0. The van der Waals surface area contributed by atoms with Crippen molar-refractivity contribution in [1.82, 2.24) is 0 Å². The Kier molecular flexibility index (Phi) is 7.06. The molecule has 0 aliphatic carbocycles. The Bertz CT molecular complexity index is 1740. The summed E-state index contributed by atoms with van der Waals surface area (Å²) in [5, 5.41) is 23.7. The Morgan fingerprint density at radius 3 is 1.87 bits per heavy atom. The molecule has 3 aliphatic rings. The van der Waals surface area contributed by atoms with Crippen LogP contribution in [0.5, 0.6) is 46.0 Å². The van der Waals surface area contributed by atoms with Gasteiger partial charge in [-0.3, -0.25) is 0 Å². The molecule has 0 amide bonds. The molecule has 7 rings (SSSR count). The first-order valence-electron chi connectivity index (χ1n) is 14.5. The van der Waals surface area contributed by atoms with Crippen LogP contribution in [-0.2, 0) is 12.2 Å². The van der Waals surface area contributed by atoms with Gasteiger partial charge >= 0.3 is 5.79 Å². The molecule has 2 bridgehead atoms. The van der Waals surface area contributed by atoms with Crippen LogP contribution in [0.3, 0.4) is 0 Å². The summed E-state index contributed by atoms with van der Waals surface area (Å²) in [6.07, 6.45) is -2.58. The molecule has 0 aromatic heterocycles. The number of benzene rings is 4. The van der Waals surface area contributed by atoms with E-state index in [4.69, 9.17) is 37.9 Å². The first-order valence-corrected chi connectivity index (χ1v) is 14.5. The Hall–Kier alpha value is -4.80. The molecule has 0 spiro atoms. The molecule has 2 N–H and O–H groups in total. The van der Waals surface area contributed by atoms with Crippen LogP contribution in [-0.4, -0.2) is 58.0 Å². The monoisotopic (exact) mass is 614 g/mol. The van der Waals surface area contributed by atoms with Crippen LogP contribution in [0.1, 0.15) is 39.8 Å². The topological polar surface area (TPSA) is 114 Å². The molecule has 1 unspecified atom stereocenters. The molecule has 4 aromatic rings. The van der Waals surface area contributed by atoms with Gasteiger partial charge in [-0.15, -0.1) is 0 Å². The van der Waals surface area contributed by atoms with Gasteiger partial charge in [0.05, 0.1) is 47.6 Å². The third-order valence-corrected chi connectivity index (χ3v) is 8.89. The molecule has 45 heavy (non-hydrogen) atoms. The van der Waals surface area contributed by atoms with Gasteiger partial charge in [0.2, 0.25) is 0 Å². The van der Waals surface area contributed by atoms with E-state index >= 15 is 0 Å². The lowest BCUT2D eigenvalue weighted by Gasteiger charge is -2.50. The Morgan fingerprint density at radius 2 is 1.27 bits per heavy atom. The Labute approximate surface area is 260 Å². The van der Waals surface area contributed by atoms with E-state index in [0.717, 1.165) is 5.56 Å². The minimum absolute atomic E-state index is 0.248. The molecule has 234 valence electrons. The second-order valence-corrected chi connectivity index (χ2v) is 11.1. The number of rotatable bonds is 7. The van der Waals surface area contributed by atoms with Crippen molar-refractivity contribution in [3.05, 3.63) is 94.5 Å². The molecule has 0 saturated carbocycles. The first kappa shape index (κ1) is 28.9. The number of fused-ring (bicyclic) bond motifs is 8. The zero-order chi connectivity index (χ0) is 31.5. The number of aliphatic hydroxyl groups is 2. The zero-order valence-corrected chi connectivity index (χ0v) is 25.5. The van der Waals surface area contributed by atoms with Crippen LogP contribution in [0.15, 0.2) is 66.7 Å². The average molecular weight is 615 g/mol. The summed E-state index contributed by atoms with van der Waals surface area (Å²) in [7, 11) is 7.86. The molecule has 3 aliphatic heterocycles. The van der Waals surface area contributed by atoms with Crippen molar-refractivity contribution in [1.29, 1.82) is 0 Å². The second kappa shape index (κ2) is 11.0. The minimum Gasteiger partial charge on any atom is -0.497 e. The normalized spacial score (nSPS) is 24.0. The molecule has 4 aromatic carbocycles. The van der Waals surface area contributed by atoms with Gasteiger partial charge in [-0.1, -0.05) is 12.1 Å². The van der Waals surface area contributed by atoms with Crippen molar-refractivity contribution in [2.45, 2.75) is 36.4 Å². The first-order chi connectivity index (χ1) is 21.8. The van der Waals surface area contributed by atoms with Crippen LogP contribution >= 0.6 is 0 Å². The van der Waals surface area contributed by atoms with Crippen molar-refractivity contribution in [3.63, 3.8) is 0 Å². The van der Waals surface area contributed by atoms with Gasteiger partial charge in [0.1, 0.15) is 58.2 Å². The highest BCUT2D eigenvalue weighted by atomic mass is 16.7. The van der Waals surface area contributed by atoms with E-state index in [1.165, 1.54) is 0 Å². The van der Waals surface area contributed by atoms with Gasteiger partial charge in [-0.25, -0.2) is 0 Å². The van der Waals surface area contributed by atoms with Crippen LogP contribution < -0.4 is 37.9 Å². The van der Waals surface area contributed by atoms with E-state index in [9.17, 15) is 10.2 Å². The largest absolute Gasteiger partial charge is 0.497 e. The van der Waals surface area contributed by atoms with Crippen molar-refractivity contribution < 1.29 is 48.1 Å². The van der Waals surface area contributed by atoms with Crippen LogP contribution in [0.2, 0.25) is 0 Å². The van der Waals surface area contributed by atoms with Crippen molar-refractivity contribution in [2.75, 3.05) is 35.5 Å². The van der Waals surface area contributed by atoms with Crippen LogP contribution in [0, 0.1) is 0 Å². The van der Waals surface area contributed by atoms with Crippen molar-refractivity contribution in [3.8, 4) is 46.0 Å². The molecule has 10 heteroatoms. The van der Waals surface area contributed by atoms with Gasteiger partial charge in [0.15, 0.2) is 0 Å². The van der Waals surface area contributed by atoms with E-state index in [-0.39, 0.29) is 6.42 Å². The summed E-state index contributed by atoms with van der Waals surface area (Å²) in [6, 6.07) is 19.8. The number of hydrogen-bond acceptors (Lipinski definition) is 10. The quantitative estimate of drug-likeness (QED) is 0.298. The maximum Gasteiger partial charge on any atom is 0.305 e. The van der Waals surface area contributed by atoms with Gasteiger partial charge in [0, 0.05) is 46.9 Å². The second-order valence-electron chi connectivity index (χ2n) is 11.1. The Morgan fingerprint density at radius 1 is 0.667 bits per heavy atom. The molecule has 5 atom stereocenters. The lowest BCUT2D eigenvalue weighted by atomic mass is 9.74. The highest BCUT2D eigenvalue weighted by molar-refractivity contribution is 5.68. The fourth-order valence-electron chi connectivity index (χ4n) is 6.68. The highest BCUT2D eigenvalue weighted by Gasteiger charge is 2.60. The number of hydrogen-bond donors (Lipinski definition) is 2. The summed E-state index contributed by atoms with van der Waals surface area (Å²) in [4.78, 5) is 0. The van der Waals surface area contributed by atoms with Crippen molar-refractivity contribution >= 4 is 0 Å². The van der Waals surface area contributed by atoms with Gasteiger partial charge in [0.25, 0.3) is 0 Å². The third kappa shape index (κ3) is 4.39. The van der Waals surface area contributed by atoms with Crippen LogP contribution in [0.25, 0.3) is 0 Å². The van der Waals surface area contributed by atoms with E-state index in [0.29, 0.717) is 68.2 Å². The lowest BCUT2D eigenvalue weighted by molar-refractivity contribution is -0.219. The fraction of sp³-hybridized carbons (Fsp3) is 0.314. The third-order valence-electron chi connectivity index (χ3n) is 8.89. The highest BCUT2D eigenvalue weighted by Crippen LogP contribution is 2.62. The molecular formula is C35H34O10. The summed E-state index contributed by atoms with van der Waals surface area (Å²) >= 11 is 0. The van der Waals surface area contributed by atoms with E-state index in [1.807, 2.05) is 24.3 Å². The lowest BCUT2D eigenvalue weighted by Crippen LogP contribution is -2.57. The SMILES string of the molecule is COc1ccc([C@H]2Oc3c(c(OC)cc4c3C3c5c(OC)cc(OC)cc5O[C@@](c5ccc(OC)cc5)(O4)[C@@H]3O)C[C@@H]2O)cc1. The van der Waals surface area contributed by atoms with Crippen LogP contribution in [0.4, 0.5) is 0 Å². The molecule has 0 saturated heterocycles. The predicted molar refractivity (Wildman–Crippen MR) is 162 cm³/mol. The van der Waals surface area contributed by atoms with E-state index < -0.39 is 30.0 Å². The summed E-state index contributed by atoms with van der Waals surface area (Å²) in [5.41, 5.74) is 3.22. The van der Waals surface area contributed by atoms with Gasteiger partial charge < -0.3 is 48.1 Å². The molecule has 10 nitrogen and oxygen atoms in total. The molecule has 0 fully saturated rings. The molecular weight excluding hydrogens is 580 g/mol. The fourth-order valence-corrected chi connectivity index (χ4v) is 6.68. The zero-order valence-electron chi connectivity index (χ0n) is 25.5. The average Bonchev–Trinajstić information content (AvgIpc) is 3.07. The molecule has 3 heterocycles. The predicted octanol–water partition coefficient (Wildman–Crippen LogP) is 4.90. The number of aliphatic hydroxyl groups excluding tert-OH is 2. The standard InChI is InChI=1S/C35H34O10/c1-38-20-10-6-18(7-11-20)32-24(36)16-23-25(41-4)17-28-30(33(23)43-32)31-29-26(42-5)14-22(40-3)15-27(29)44-35(45-28,34(31)37)19-8-12-21(39-2)13-9-19/h6-15,17,24,31-32,34,36-37H,16H2,1-5H3/t24-,31?,32+,34+,35-/m0/s1. The van der Waals surface area contributed by atoms with Gasteiger partial charge in [-0.05, 0) is 42.0 Å². The van der Waals surface area contributed by atoms with Crippen molar-refractivity contribution in [2.24, 2.45) is 0 Å². The smallest absolute Gasteiger partial charge is 0.305 e. The molecule has 0 radical (unpaired) electrons. The minimum atomic E-state index is -1.66.